The Hall–Kier alpha value is -2.14. The largest absolute Gasteiger partial charge is 0.376 e. The van der Waals surface area contributed by atoms with Crippen molar-refractivity contribution in [3.8, 4) is 0 Å². The standard InChI is InChI=1S/C22H31N3O2/c1-16-7-5-8-19(13-16)14-25(15-20-9-6-12-27-20)22(26)11-10-21-17(2)23-24(4)18(21)3/h5,7-8,13,20H,6,9-12,14-15H2,1-4H3/t20-/m1/s1. The first-order valence-corrected chi connectivity index (χ1v) is 9.88. The predicted molar refractivity (Wildman–Crippen MR) is 107 cm³/mol. The third-order valence-electron chi connectivity index (χ3n) is 5.50. The number of ether oxygens (including phenoxy) is 1. The van der Waals surface area contributed by atoms with Gasteiger partial charge in [0, 0.05) is 38.9 Å². The maximum absolute atomic E-state index is 13.1. The Balaban J connectivity index is 1.69. The fourth-order valence-corrected chi connectivity index (χ4v) is 3.89. The second kappa shape index (κ2) is 8.70. The summed E-state index contributed by atoms with van der Waals surface area (Å²) in [6.45, 7) is 8.30. The third-order valence-corrected chi connectivity index (χ3v) is 5.50. The van der Waals surface area contributed by atoms with Gasteiger partial charge >= 0.3 is 0 Å². The number of hydrogen-bond acceptors (Lipinski definition) is 3. The summed E-state index contributed by atoms with van der Waals surface area (Å²) in [6.07, 6.45) is 3.54. The molecule has 0 radical (unpaired) electrons. The van der Waals surface area contributed by atoms with Crippen LogP contribution in [-0.2, 0) is 29.5 Å². The molecule has 146 valence electrons. The lowest BCUT2D eigenvalue weighted by molar-refractivity contribution is -0.133. The van der Waals surface area contributed by atoms with Crippen LogP contribution in [0.5, 0.6) is 0 Å². The first-order valence-electron chi connectivity index (χ1n) is 9.88. The highest BCUT2D eigenvalue weighted by molar-refractivity contribution is 5.76. The summed E-state index contributed by atoms with van der Waals surface area (Å²) in [4.78, 5) is 15.0. The number of amides is 1. The summed E-state index contributed by atoms with van der Waals surface area (Å²) < 4.78 is 7.69. The maximum Gasteiger partial charge on any atom is 0.223 e. The number of hydrogen-bond donors (Lipinski definition) is 0. The molecule has 1 aliphatic heterocycles. The van der Waals surface area contributed by atoms with Gasteiger partial charge in [0.25, 0.3) is 0 Å². The van der Waals surface area contributed by atoms with Gasteiger partial charge in [-0.25, -0.2) is 0 Å². The quantitative estimate of drug-likeness (QED) is 0.751. The van der Waals surface area contributed by atoms with Gasteiger partial charge in [0.1, 0.15) is 0 Å². The van der Waals surface area contributed by atoms with Gasteiger partial charge in [0.15, 0.2) is 0 Å². The molecule has 0 saturated carbocycles. The van der Waals surface area contributed by atoms with Crippen LogP contribution in [0, 0.1) is 20.8 Å². The molecule has 1 fully saturated rings. The van der Waals surface area contributed by atoms with Gasteiger partial charge in [-0.3, -0.25) is 9.48 Å². The van der Waals surface area contributed by atoms with Crippen LogP contribution in [0.15, 0.2) is 24.3 Å². The van der Waals surface area contributed by atoms with Crippen LogP contribution in [0.2, 0.25) is 0 Å². The van der Waals surface area contributed by atoms with Gasteiger partial charge in [-0.05, 0) is 51.2 Å². The molecule has 1 saturated heterocycles. The minimum Gasteiger partial charge on any atom is -0.376 e. The van der Waals surface area contributed by atoms with Crippen LogP contribution < -0.4 is 0 Å². The molecule has 27 heavy (non-hydrogen) atoms. The molecule has 3 rings (SSSR count). The smallest absolute Gasteiger partial charge is 0.223 e. The van der Waals surface area contributed by atoms with Crippen LogP contribution in [0.3, 0.4) is 0 Å². The molecule has 5 nitrogen and oxygen atoms in total. The van der Waals surface area contributed by atoms with Crippen molar-refractivity contribution < 1.29 is 9.53 Å². The van der Waals surface area contributed by atoms with E-state index in [1.807, 2.05) is 23.6 Å². The molecule has 1 amide bonds. The Morgan fingerprint density at radius 1 is 1.33 bits per heavy atom. The number of carbonyl (C=O) groups excluding carboxylic acids is 1. The van der Waals surface area contributed by atoms with Crippen molar-refractivity contribution in [1.82, 2.24) is 14.7 Å². The zero-order valence-electron chi connectivity index (χ0n) is 17.0. The molecular formula is C22H31N3O2. The maximum atomic E-state index is 13.1. The number of carbonyl (C=O) groups is 1. The summed E-state index contributed by atoms with van der Waals surface area (Å²) in [5.41, 5.74) is 5.75. The van der Waals surface area contributed by atoms with Crippen LogP contribution in [-0.4, -0.2) is 39.8 Å². The Kier molecular flexibility index (Phi) is 6.32. The van der Waals surface area contributed by atoms with Crippen LogP contribution >= 0.6 is 0 Å². The zero-order valence-corrected chi connectivity index (χ0v) is 17.0. The van der Waals surface area contributed by atoms with Crippen LogP contribution in [0.25, 0.3) is 0 Å². The Labute approximate surface area is 162 Å². The van der Waals surface area contributed by atoms with E-state index in [1.165, 1.54) is 16.7 Å². The van der Waals surface area contributed by atoms with E-state index < -0.39 is 0 Å². The highest BCUT2D eigenvalue weighted by atomic mass is 16.5. The van der Waals surface area contributed by atoms with Gasteiger partial charge in [0.2, 0.25) is 5.91 Å². The van der Waals surface area contributed by atoms with Crippen molar-refractivity contribution in [2.45, 2.75) is 59.1 Å². The van der Waals surface area contributed by atoms with Gasteiger partial charge in [-0.2, -0.15) is 5.10 Å². The summed E-state index contributed by atoms with van der Waals surface area (Å²) >= 11 is 0. The fraction of sp³-hybridized carbons (Fsp3) is 0.545. The van der Waals surface area contributed by atoms with E-state index in [1.54, 1.807) is 0 Å². The van der Waals surface area contributed by atoms with E-state index in [4.69, 9.17) is 4.74 Å². The van der Waals surface area contributed by atoms with E-state index in [0.717, 1.165) is 37.3 Å². The van der Waals surface area contributed by atoms with E-state index in [2.05, 4.69) is 43.2 Å². The number of aromatic nitrogens is 2. The van der Waals surface area contributed by atoms with Crippen molar-refractivity contribution in [2.24, 2.45) is 7.05 Å². The normalized spacial score (nSPS) is 16.7. The molecule has 1 aromatic heterocycles. The molecule has 1 aliphatic rings. The Morgan fingerprint density at radius 2 is 2.15 bits per heavy atom. The van der Waals surface area contributed by atoms with Gasteiger partial charge in [-0.1, -0.05) is 29.8 Å². The Morgan fingerprint density at radius 3 is 2.78 bits per heavy atom. The molecule has 2 heterocycles. The lowest BCUT2D eigenvalue weighted by Crippen LogP contribution is -2.37. The molecule has 2 aromatic rings. The molecule has 0 bridgehead atoms. The highest BCUT2D eigenvalue weighted by Crippen LogP contribution is 2.19. The lowest BCUT2D eigenvalue weighted by Gasteiger charge is -2.26. The highest BCUT2D eigenvalue weighted by Gasteiger charge is 2.23. The first-order chi connectivity index (χ1) is 12.9. The van der Waals surface area contributed by atoms with Crippen molar-refractivity contribution in [1.29, 1.82) is 0 Å². The minimum atomic E-state index is 0.167. The SMILES string of the molecule is Cc1cccc(CN(C[C@H]2CCCO2)C(=O)CCc2c(C)nn(C)c2C)c1. The number of rotatable bonds is 7. The topological polar surface area (TPSA) is 47.4 Å². The van der Waals surface area contributed by atoms with Crippen molar-refractivity contribution in [3.05, 3.63) is 52.3 Å². The van der Waals surface area contributed by atoms with Crippen LogP contribution in [0.1, 0.15) is 47.3 Å². The second-order valence-electron chi connectivity index (χ2n) is 7.67. The summed E-state index contributed by atoms with van der Waals surface area (Å²) in [6, 6.07) is 8.40. The lowest BCUT2D eigenvalue weighted by atomic mass is 10.1. The molecule has 0 unspecified atom stereocenters. The van der Waals surface area contributed by atoms with E-state index >= 15 is 0 Å². The number of aryl methyl sites for hydroxylation is 3. The summed E-state index contributed by atoms with van der Waals surface area (Å²) in [7, 11) is 1.95. The van der Waals surface area contributed by atoms with E-state index in [-0.39, 0.29) is 12.0 Å². The van der Waals surface area contributed by atoms with Crippen molar-refractivity contribution in [3.63, 3.8) is 0 Å². The summed E-state index contributed by atoms with van der Waals surface area (Å²) in [5, 5.41) is 4.47. The zero-order chi connectivity index (χ0) is 19.4. The average Bonchev–Trinajstić information content (AvgIpc) is 3.21. The summed E-state index contributed by atoms with van der Waals surface area (Å²) in [5.74, 6) is 0.189. The minimum absolute atomic E-state index is 0.167. The molecular weight excluding hydrogens is 338 g/mol. The molecule has 1 atom stereocenters. The molecule has 0 N–H and O–H groups in total. The third kappa shape index (κ3) is 4.98. The van der Waals surface area contributed by atoms with Crippen molar-refractivity contribution >= 4 is 5.91 Å². The fourth-order valence-electron chi connectivity index (χ4n) is 3.89. The molecule has 0 spiro atoms. The van der Waals surface area contributed by atoms with Gasteiger partial charge in [-0.15, -0.1) is 0 Å². The number of nitrogens with zero attached hydrogens (tertiary/aromatic N) is 3. The first kappa shape index (κ1) is 19.6. The van der Waals surface area contributed by atoms with E-state index in [0.29, 0.717) is 19.5 Å². The predicted octanol–water partition coefficient (Wildman–Crippen LogP) is 3.49. The van der Waals surface area contributed by atoms with Gasteiger partial charge < -0.3 is 9.64 Å². The molecule has 0 aliphatic carbocycles. The van der Waals surface area contributed by atoms with Gasteiger partial charge in [0.05, 0.1) is 11.8 Å². The Bertz CT molecular complexity index is 791. The molecule has 1 aromatic carbocycles. The second-order valence-corrected chi connectivity index (χ2v) is 7.67. The van der Waals surface area contributed by atoms with Crippen LogP contribution in [0.4, 0.5) is 0 Å². The monoisotopic (exact) mass is 369 g/mol. The number of benzene rings is 1. The average molecular weight is 370 g/mol. The molecule has 5 heteroatoms. The van der Waals surface area contributed by atoms with Crippen molar-refractivity contribution in [2.75, 3.05) is 13.2 Å². The van der Waals surface area contributed by atoms with E-state index in [9.17, 15) is 4.79 Å².